The fraction of sp³-hybridized carbons (Fsp3) is 0.433. The second-order valence-electron chi connectivity index (χ2n) is 8.50. The van der Waals surface area contributed by atoms with E-state index in [0.29, 0.717) is 37.9 Å². The molecule has 0 amide bonds. The minimum absolute atomic E-state index is 0.102. The van der Waals surface area contributed by atoms with E-state index >= 15 is 0 Å². The van der Waals surface area contributed by atoms with Gasteiger partial charge in [0.2, 0.25) is 0 Å². The molecule has 0 atom stereocenters. The SMILES string of the molecule is CCCOc1ccc(/C=C2\CCC/C(=C\c3ccc(OCCC)c(OCC)c3)C2=O)cc1OCC. The molecule has 0 unspecified atom stereocenters. The van der Waals surface area contributed by atoms with E-state index in [1.54, 1.807) is 0 Å². The van der Waals surface area contributed by atoms with Crippen LogP contribution in [-0.4, -0.2) is 32.2 Å². The summed E-state index contributed by atoms with van der Waals surface area (Å²) in [7, 11) is 0. The number of hydrogen-bond donors (Lipinski definition) is 0. The van der Waals surface area contributed by atoms with Crippen molar-refractivity contribution in [2.24, 2.45) is 0 Å². The molecule has 1 aliphatic carbocycles. The predicted octanol–water partition coefficient (Wildman–Crippen LogP) is 7.28. The normalized spacial score (nSPS) is 15.9. The molecule has 0 heterocycles. The molecular weight excluding hydrogens is 440 g/mol. The van der Waals surface area contributed by atoms with E-state index in [9.17, 15) is 4.79 Å². The van der Waals surface area contributed by atoms with Gasteiger partial charge in [-0.2, -0.15) is 0 Å². The van der Waals surface area contributed by atoms with Crippen LogP contribution in [0.5, 0.6) is 23.0 Å². The highest BCUT2D eigenvalue weighted by molar-refractivity contribution is 6.14. The Kier molecular flexibility index (Phi) is 10.3. The van der Waals surface area contributed by atoms with Crippen molar-refractivity contribution in [1.82, 2.24) is 0 Å². The Balaban J connectivity index is 1.84. The van der Waals surface area contributed by atoms with Crippen molar-refractivity contribution in [3.8, 4) is 23.0 Å². The van der Waals surface area contributed by atoms with Crippen molar-refractivity contribution < 1.29 is 23.7 Å². The lowest BCUT2D eigenvalue weighted by Gasteiger charge is -2.18. The molecule has 2 aromatic carbocycles. The van der Waals surface area contributed by atoms with E-state index in [1.165, 1.54) is 0 Å². The molecule has 1 saturated carbocycles. The first-order valence-corrected chi connectivity index (χ1v) is 12.8. The maximum atomic E-state index is 13.3. The lowest BCUT2D eigenvalue weighted by atomic mass is 9.87. The Labute approximate surface area is 209 Å². The first-order chi connectivity index (χ1) is 17.1. The van der Waals surface area contributed by atoms with Crippen LogP contribution in [0.1, 0.15) is 70.9 Å². The van der Waals surface area contributed by atoms with Gasteiger partial charge in [-0.1, -0.05) is 26.0 Å². The van der Waals surface area contributed by atoms with Crippen molar-refractivity contribution >= 4 is 17.9 Å². The average molecular weight is 479 g/mol. The molecule has 1 fully saturated rings. The number of allylic oxidation sites excluding steroid dienone is 2. The molecule has 35 heavy (non-hydrogen) atoms. The molecule has 188 valence electrons. The quantitative estimate of drug-likeness (QED) is 0.300. The molecule has 5 nitrogen and oxygen atoms in total. The number of hydrogen-bond acceptors (Lipinski definition) is 5. The largest absolute Gasteiger partial charge is 0.490 e. The van der Waals surface area contributed by atoms with Crippen LogP contribution < -0.4 is 18.9 Å². The number of carbonyl (C=O) groups excluding carboxylic acids is 1. The maximum absolute atomic E-state index is 13.3. The van der Waals surface area contributed by atoms with Gasteiger partial charge in [0.15, 0.2) is 28.8 Å². The van der Waals surface area contributed by atoms with Gasteiger partial charge in [0.1, 0.15) is 0 Å². The molecule has 0 aliphatic heterocycles. The van der Waals surface area contributed by atoms with Gasteiger partial charge in [0.25, 0.3) is 0 Å². The second-order valence-corrected chi connectivity index (χ2v) is 8.50. The van der Waals surface area contributed by atoms with Gasteiger partial charge in [-0.25, -0.2) is 0 Å². The molecule has 3 rings (SSSR count). The van der Waals surface area contributed by atoms with Crippen LogP contribution in [0.25, 0.3) is 12.2 Å². The summed E-state index contributed by atoms with van der Waals surface area (Å²) in [4.78, 5) is 13.3. The van der Waals surface area contributed by atoms with Crippen LogP contribution in [0.3, 0.4) is 0 Å². The van der Waals surface area contributed by atoms with Crippen LogP contribution in [0, 0.1) is 0 Å². The fourth-order valence-electron chi connectivity index (χ4n) is 4.01. The summed E-state index contributed by atoms with van der Waals surface area (Å²) in [6.45, 7) is 10.5. The third-order valence-corrected chi connectivity index (χ3v) is 5.62. The smallest absolute Gasteiger partial charge is 0.185 e. The van der Waals surface area contributed by atoms with Gasteiger partial charge in [-0.05, 0) is 93.5 Å². The lowest BCUT2D eigenvalue weighted by Crippen LogP contribution is -2.12. The molecular formula is C30H38O5. The molecule has 0 saturated heterocycles. The number of rotatable bonds is 12. The highest BCUT2D eigenvalue weighted by Crippen LogP contribution is 2.34. The molecule has 0 spiro atoms. The Morgan fingerprint density at radius 3 is 1.51 bits per heavy atom. The highest BCUT2D eigenvalue weighted by atomic mass is 16.5. The minimum Gasteiger partial charge on any atom is -0.490 e. The number of benzene rings is 2. The van der Waals surface area contributed by atoms with Crippen molar-refractivity contribution in [3.63, 3.8) is 0 Å². The molecule has 5 heteroatoms. The van der Waals surface area contributed by atoms with Crippen molar-refractivity contribution in [2.45, 2.75) is 59.8 Å². The van der Waals surface area contributed by atoms with Crippen LogP contribution in [0.15, 0.2) is 47.5 Å². The Hall–Kier alpha value is -3.21. The van der Waals surface area contributed by atoms with Gasteiger partial charge in [0, 0.05) is 11.1 Å². The standard InChI is InChI=1S/C30H38O5/c1-5-16-34-26-14-12-22(20-28(26)32-7-3)18-24-10-9-11-25(30(24)31)19-23-13-15-27(35-17-6-2)29(21-23)33-8-4/h12-15,18-21H,5-11,16-17H2,1-4H3/b24-18+,25-19+. The molecule has 0 bridgehead atoms. The second kappa shape index (κ2) is 13.6. The average Bonchev–Trinajstić information content (AvgIpc) is 2.86. The first kappa shape index (κ1) is 26.4. The topological polar surface area (TPSA) is 54.0 Å². The molecule has 2 aromatic rings. The minimum atomic E-state index is 0.102. The van der Waals surface area contributed by atoms with E-state index in [0.717, 1.165) is 65.9 Å². The lowest BCUT2D eigenvalue weighted by molar-refractivity contribution is -0.112. The third kappa shape index (κ3) is 7.38. The summed E-state index contributed by atoms with van der Waals surface area (Å²) in [6.07, 6.45) is 8.30. The van der Waals surface area contributed by atoms with Crippen molar-refractivity contribution in [1.29, 1.82) is 0 Å². The molecule has 0 N–H and O–H groups in total. The van der Waals surface area contributed by atoms with E-state index in [-0.39, 0.29) is 5.78 Å². The molecule has 1 aliphatic rings. The Bertz CT molecular complexity index is 969. The summed E-state index contributed by atoms with van der Waals surface area (Å²) >= 11 is 0. The Morgan fingerprint density at radius 1 is 0.657 bits per heavy atom. The van der Waals surface area contributed by atoms with E-state index in [2.05, 4.69) is 13.8 Å². The number of carbonyl (C=O) groups is 1. The van der Waals surface area contributed by atoms with Crippen molar-refractivity contribution in [3.05, 3.63) is 58.7 Å². The van der Waals surface area contributed by atoms with Crippen molar-refractivity contribution in [2.75, 3.05) is 26.4 Å². The van der Waals surface area contributed by atoms with E-state index in [1.807, 2.05) is 62.4 Å². The van der Waals surface area contributed by atoms with Crippen LogP contribution in [0.2, 0.25) is 0 Å². The van der Waals surface area contributed by atoms with E-state index in [4.69, 9.17) is 18.9 Å². The van der Waals surface area contributed by atoms with Crippen LogP contribution in [-0.2, 0) is 4.79 Å². The van der Waals surface area contributed by atoms with Gasteiger partial charge < -0.3 is 18.9 Å². The highest BCUT2D eigenvalue weighted by Gasteiger charge is 2.21. The summed E-state index contributed by atoms with van der Waals surface area (Å²) in [6, 6.07) is 11.7. The monoisotopic (exact) mass is 478 g/mol. The van der Waals surface area contributed by atoms with Gasteiger partial charge in [-0.3, -0.25) is 4.79 Å². The number of ketones is 1. The Morgan fingerprint density at radius 2 is 1.11 bits per heavy atom. The van der Waals surface area contributed by atoms with Gasteiger partial charge in [-0.15, -0.1) is 0 Å². The summed E-state index contributed by atoms with van der Waals surface area (Å²) in [5.74, 6) is 3.00. The van der Waals surface area contributed by atoms with Gasteiger partial charge >= 0.3 is 0 Å². The summed E-state index contributed by atoms with van der Waals surface area (Å²) in [5.41, 5.74) is 3.52. The number of ether oxygens (including phenoxy) is 4. The number of Topliss-reactive ketones (excluding diaryl/α,β-unsaturated/α-hetero) is 1. The molecule has 0 aromatic heterocycles. The van der Waals surface area contributed by atoms with Crippen LogP contribution >= 0.6 is 0 Å². The summed E-state index contributed by atoms with van der Waals surface area (Å²) in [5, 5.41) is 0. The van der Waals surface area contributed by atoms with E-state index < -0.39 is 0 Å². The third-order valence-electron chi connectivity index (χ3n) is 5.62. The fourth-order valence-corrected chi connectivity index (χ4v) is 4.01. The van der Waals surface area contributed by atoms with Gasteiger partial charge in [0.05, 0.1) is 26.4 Å². The summed E-state index contributed by atoms with van der Waals surface area (Å²) < 4.78 is 23.2. The maximum Gasteiger partial charge on any atom is 0.185 e. The predicted molar refractivity (Wildman–Crippen MR) is 142 cm³/mol. The zero-order valence-corrected chi connectivity index (χ0v) is 21.5. The zero-order chi connectivity index (χ0) is 25.0. The molecule has 0 radical (unpaired) electrons. The first-order valence-electron chi connectivity index (χ1n) is 12.8. The van der Waals surface area contributed by atoms with Crippen LogP contribution in [0.4, 0.5) is 0 Å². The zero-order valence-electron chi connectivity index (χ0n) is 21.5.